The fourth-order valence-corrected chi connectivity index (χ4v) is 6.39. The van der Waals surface area contributed by atoms with Gasteiger partial charge in [-0.05, 0) is 48.9 Å². The van der Waals surface area contributed by atoms with Crippen LogP contribution in [0.1, 0.15) is 11.3 Å². The lowest BCUT2D eigenvalue weighted by atomic mass is 10.2. The maximum absolute atomic E-state index is 13.8. The van der Waals surface area contributed by atoms with Crippen molar-refractivity contribution in [1.82, 2.24) is 14.8 Å². The van der Waals surface area contributed by atoms with Gasteiger partial charge in [-0.1, -0.05) is 48.5 Å². The number of carbonyl (C=O) groups excluding carboxylic acids is 1. The van der Waals surface area contributed by atoms with Crippen LogP contribution in [0.4, 0.5) is 5.69 Å². The molecule has 0 unspecified atom stereocenters. The molecule has 1 amide bonds. The van der Waals surface area contributed by atoms with E-state index in [1.165, 1.54) is 23.0 Å². The van der Waals surface area contributed by atoms with E-state index in [1.807, 2.05) is 42.1 Å². The molecule has 3 aromatic carbocycles. The first-order valence-corrected chi connectivity index (χ1v) is 15.4. The topological polar surface area (TPSA) is 115 Å². The van der Waals surface area contributed by atoms with Crippen molar-refractivity contribution in [2.75, 3.05) is 22.4 Å². The summed E-state index contributed by atoms with van der Waals surface area (Å²) in [6, 6.07) is 23.9. The van der Waals surface area contributed by atoms with E-state index in [4.69, 9.17) is 4.74 Å². The Balaban J connectivity index is 1.43. The average molecular weight is 592 g/mol. The number of amides is 1. The maximum atomic E-state index is 13.8. The van der Waals surface area contributed by atoms with Gasteiger partial charge in [0.1, 0.15) is 24.1 Å². The molecule has 1 aliphatic rings. The van der Waals surface area contributed by atoms with Gasteiger partial charge in [-0.15, -0.1) is 0 Å². The summed E-state index contributed by atoms with van der Waals surface area (Å²) in [5.41, 5.74) is 3.32. The Morgan fingerprint density at radius 2 is 1.76 bits per heavy atom. The number of hydrogen-bond donors (Lipinski definition) is 1. The number of ether oxygens (including phenoxy) is 1. The van der Waals surface area contributed by atoms with Crippen molar-refractivity contribution < 1.29 is 17.9 Å². The number of anilines is 1. The van der Waals surface area contributed by atoms with Crippen LogP contribution in [0.25, 0.3) is 5.69 Å². The molecule has 10 nitrogen and oxygen atoms in total. The van der Waals surface area contributed by atoms with Crippen LogP contribution in [-0.4, -0.2) is 54.1 Å². The molecule has 5 rings (SSSR count). The van der Waals surface area contributed by atoms with Crippen LogP contribution in [-0.2, 0) is 21.9 Å². The number of rotatable bonds is 10. The Morgan fingerprint density at radius 1 is 1.07 bits per heavy atom. The zero-order chi connectivity index (χ0) is 29.0. The van der Waals surface area contributed by atoms with Crippen molar-refractivity contribution >= 4 is 39.6 Å². The summed E-state index contributed by atoms with van der Waals surface area (Å²) < 4.78 is 37.3. The molecule has 212 valence electrons. The molecule has 0 saturated carbocycles. The zero-order valence-electron chi connectivity index (χ0n) is 22.5. The fourth-order valence-electron chi connectivity index (χ4n) is 4.33. The van der Waals surface area contributed by atoms with Gasteiger partial charge in [0.2, 0.25) is 0 Å². The largest absolute Gasteiger partial charge is 0.489 e. The molecule has 0 atom stereocenters. The lowest BCUT2D eigenvalue weighted by Gasteiger charge is -2.25. The minimum absolute atomic E-state index is 0.0492. The van der Waals surface area contributed by atoms with Crippen molar-refractivity contribution in [2.45, 2.75) is 17.9 Å². The Hall–Kier alpha value is -4.29. The van der Waals surface area contributed by atoms with Gasteiger partial charge in [-0.2, -0.15) is 16.9 Å². The van der Waals surface area contributed by atoms with E-state index in [2.05, 4.69) is 10.5 Å². The van der Waals surface area contributed by atoms with E-state index in [-0.39, 0.29) is 16.7 Å². The highest BCUT2D eigenvalue weighted by Gasteiger charge is 2.33. The summed E-state index contributed by atoms with van der Waals surface area (Å²) in [5, 5.41) is 4.02. The highest BCUT2D eigenvalue weighted by molar-refractivity contribution is 8.00. The smallest absolute Gasteiger partial charge is 0.296 e. The average Bonchev–Trinajstić information content (AvgIpc) is 3.17. The van der Waals surface area contributed by atoms with Crippen LogP contribution in [0.3, 0.4) is 0 Å². The van der Waals surface area contributed by atoms with Crippen LogP contribution in [0.2, 0.25) is 0 Å². The maximum Gasteiger partial charge on any atom is 0.296 e. The van der Waals surface area contributed by atoms with E-state index in [0.717, 1.165) is 15.8 Å². The van der Waals surface area contributed by atoms with Gasteiger partial charge in [0.25, 0.3) is 21.5 Å². The van der Waals surface area contributed by atoms with Crippen molar-refractivity contribution in [3.8, 4) is 11.4 Å². The first-order chi connectivity index (χ1) is 19.8. The Bertz CT molecular complexity index is 1730. The summed E-state index contributed by atoms with van der Waals surface area (Å²) in [6.07, 6.45) is 1.64. The van der Waals surface area contributed by atoms with Gasteiger partial charge in [0, 0.05) is 18.6 Å². The van der Waals surface area contributed by atoms with Gasteiger partial charge in [-0.25, -0.2) is 22.8 Å². The SMILES string of the molecule is Cc1c(N(CC(=O)N/N=C\c2cccc(OC3CSC3)c2)S(=O)(=O)c2ccccc2)c(=O)n(-c2ccccc2)n1C. The van der Waals surface area contributed by atoms with E-state index in [1.54, 1.807) is 61.1 Å². The lowest BCUT2D eigenvalue weighted by Crippen LogP contribution is -2.42. The summed E-state index contributed by atoms with van der Waals surface area (Å²) in [4.78, 5) is 26.7. The number of benzene rings is 3. The standard InChI is InChI=1S/C29H29N5O5S2/c1-21-28(29(36)34(32(21)2)23-11-5-3-6-12-23)33(41(37,38)26-14-7-4-8-15-26)18-27(35)31-30-17-22-10-9-13-24(16-22)39-25-19-40-20-25/h3-17,25H,18-20H2,1-2H3,(H,31,35)/b30-17-. The second-order valence-electron chi connectivity index (χ2n) is 9.38. The molecule has 4 aromatic rings. The highest BCUT2D eigenvalue weighted by atomic mass is 32.2. The molecule has 1 fully saturated rings. The molecule has 41 heavy (non-hydrogen) atoms. The van der Waals surface area contributed by atoms with Gasteiger partial charge in [-0.3, -0.25) is 14.3 Å². The quantitative estimate of drug-likeness (QED) is 0.224. The lowest BCUT2D eigenvalue weighted by molar-refractivity contribution is -0.119. The number of thioether (sulfide) groups is 1. The summed E-state index contributed by atoms with van der Waals surface area (Å²) in [6.45, 7) is 0.975. The normalized spacial score (nSPS) is 13.6. The predicted octanol–water partition coefficient (Wildman–Crippen LogP) is 3.32. The van der Waals surface area contributed by atoms with Crippen molar-refractivity contribution in [3.05, 3.63) is 107 Å². The monoisotopic (exact) mass is 591 g/mol. The Kier molecular flexibility index (Phi) is 8.31. The van der Waals surface area contributed by atoms with Crippen molar-refractivity contribution in [2.24, 2.45) is 12.1 Å². The van der Waals surface area contributed by atoms with Crippen LogP contribution >= 0.6 is 11.8 Å². The number of hydrazone groups is 1. The van der Waals surface area contributed by atoms with E-state index in [0.29, 0.717) is 22.7 Å². The number of nitrogens with one attached hydrogen (secondary N) is 1. The van der Waals surface area contributed by atoms with Gasteiger partial charge in [0.05, 0.1) is 22.5 Å². The third kappa shape index (κ3) is 6.08. The summed E-state index contributed by atoms with van der Waals surface area (Å²) >= 11 is 1.82. The van der Waals surface area contributed by atoms with E-state index >= 15 is 0 Å². The van der Waals surface area contributed by atoms with Crippen LogP contribution in [0.15, 0.2) is 99.7 Å². The van der Waals surface area contributed by atoms with Crippen LogP contribution in [0.5, 0.6) is 5.75 Å². The van der Waals surface area contributed by atoms with E-state index in [9.17, 15) is 18.0 Å². The van der Waals surface area contributed by atoms with E-state index < -0.39 is 28.0 Å². The zero-order valence-corrected chi connectivity index (χ0v) is 24.1. The van der Waals surface area contributed by atoms with Gasteiger partial charge < -0.3 is 4.74 Å². The third-order valence-corrected chi connectivity index (χ3v) is 9.54. The third-order valence-electron chi connectivity index (χ3n) is 6.56. The first-order valence-electron chi connectivity index (χ1n) is 12.8. The molecule has 1 aliphatic heterocycles. The minimum atomic E-state index is -4.30. The second-order valence-corrected chi connectivity index (χ2v) is 12.3. The minimum Gasteiger partial charge on any atom is -0.489 e. The molecular formula is C29H29N5O5S2. The molecular weight excluding hydrogens is 562 g/mol. The predicted molar refractivity (Wildman–Crippen MR) is 161 cm³/mol. The number of hydrogen-bond acceptors (Lipinski definition) is 7. The van der Waals surface area contributed by atoms with Crippen LogP contribution in [0, 0.1) is 6.92 Å². The molecule has 2 heterocycles. The molecule has 0 aliphatic carbocycles. The molecule has 0 spiro atoms. The first kappa shape index (κ1) is 28.2. The fraction of sp³-hybridized carbons (Fsp3) is 0.207. The molecule has 1 saturated heterocycles. The van der Waals surface area contributed by atoms with Gasteiger partial charge >= 0.3 is 0 Å². The second kappa shape index (κ2) is 12.1. The summed E-state index contributed by atoms with van der Waals surface area (Å²) in [7, 11) is -2.64. The number of para-hydroxylation sites is 1. The molecule has 0 bridgehead atoms. The number of nitrogens with zero attached hydrogens (tertiary/aromatic N) is 4. The molecule has 1 aromatic heterocycles. The summed E-state index contributed by atoms with van der Waals surface area (Å²) in [5.74, 6) is 1.90. The molecule has 1 N–H and O–H groups in total. The number of aromatic nitrogens is 2. The Morgan fingerprint density at radius 3 is 2.41 bits per heavy atom. The van der Waals surface area contributed by atoms with Crippen LogP contribution < -0.4 is 20.0 Å². The highest BCUT2D eigenvalue weighted by Crippen LogP contribution is 2.26. The molecule has 12 heteroatoms. The number of carbonyl (C=O) groups is 1. The Labute approximate surface area is 242 Å². The van der Waals surface area contributed by atoms with Crippen molar-refractivity contribution in [3.63, 3.8) is 0 Å². The molecule has 0 radical (unpaired) electrons. The van der Waals surface area contributed by atoms with Gasteiger partial charge in [0.15, 0.2) is 0 Å². The van der Waals surface area contributed by atoms with Crippen molar-refractivity contribution in [1.29, 1.82) is 0 Å². The number of sulfonamides is 1.